The van der Waals surface area contributed by atoms with Gasteiger partial charge in [0.05, 0.1) is 6.54 Å². The molecule has 1 atom stereocenters. The minimum absolute atomic E-state index is 0.131. The fraction of sp³-hybridized carbons (Fsp3) is 0.533. The van der Waals surface area contributed by atoms with Crippen molar-refractivity contribution in [3.63, 3.8) is 0 Å². The Morgan fingerprint density at radius 2 is 2.06 bits per heavy atom. The molecule has 2 aliphatic carbocycles. The predicted molar refractivity (Wildman–Crippen MR) is 71.2 cm³/mol. The third kappa shape index (κ3) is 2.72. The highest BCUT2D eigenvalue weighted by Gasteiger charge is 2.23. The van der Waals surface area contributed by atoms with Gasteiger partial charge in [0, 0.05) is 12.6 Å². The molecule has 0 radical (unpaired) electrons. The highest BCUT2D eigenvalue weighted by molar-refractivity contribution is 5.78. The van der Waals surface area contributed by atoms with E-state index in [-0.39, 0.29) is 5.91 Å². The van der Waals surface area contributed by atoms with Gasteiger partial charge in [-0.3, -0.25) is 4.79 Å². The number of amides is 1. The van der Waals surface area contributed by atoms with Crippen LogP contribution in [0.3, 0.4) is 0 Å². The summed E-state index contributed by atoms with van der Waals surface area (Å²) >= 11 is 0. The maximum absolute atomic E-state index is 11.7. The molecule has 1 fully saturated rings. The van der Waals surface area contributed by atoms with Crippen LogP contribution in [-0.2, 0) is 11.2 Å². The van der Waals surface area contributed by atoms with Gasteiger partial charge in [-0.25, -0.2) is 0 Å². The summed E-state index contributed by atoms with van der Waals surface area (Å²) in [5, 5.41) is 6.36. The summed E-state index contributed by atoms with van der Waals surface area (Å²) in [5.74, 6) is 0.882. The van der Waals surface area contributed by atoms with Crippen LogP contribution in [-0.4, -0.2) is 19.0 Å². The summed E-state index contributed by atoms with van der Waals surface area (Å²) in [6, 6.07) is 8.87. The molecule has 1 unspecified atom stereocenters. The van der Waals surface area contributed by atoms with E-state index >= 15 is 0 Å². The zero-order chi connectivity index (χ0) is 12.4. The molecule has 1 saturated carbocycles. The lowest BCUT2D eigenvalue weighted by molar-refractivity contribution is -0.120. The van der Waals surface area contributed by atoms with E-state index in [4.69, 9.17) is 0 Å². The number of carbonyl (C=O) groups is 1. The van der Waals surface area contributed by atoms with Crippen LogP contribution >= 0.6 is 0 Å². The summed E-state index contributed by atoms with van der Waals surface area (Å²) < 4.78 is 0. The highest BCUT2D eigenvalue weighted by atomic mass is 16.1. The number of aryl methyl sites for hydroxylation is 1. The number of nitrogens with one attached hydrogen (secondary N) is 2. The van der Waals surface area contributed by atoms with Gasteiger partial charge in [-0.15, -0.1) is 0 Å². The van der Waals surface area contributed by atoms with Gasteiger partial charge in [-0.2, -0.15) is 0 Å². The van der Waals surface area contributed by atoms with E-state index in [9.17, 15) is 4.79 Å². The molecule has 0 bridgehead atoms. The number of hydrogen-bond acceptors (Lipinski definition) is 2. The third-order valence-corrected chi connectivity index (χ3v) is 3.93. The number of rotatable bonds is 5. The standard InChI is InChI=1S/C15H20N2O/c18-15(17-9-11-5-6-11)10-16-14-8-7-12-3-1-2-4-13(12)14/h1-4,11,14,16H,5-10H2,(H,17,18). The highest BCUT2D eigenvalue weighted by Crippen LogP contribution is 2.30. The molecule has 3 rings (SSSR count). The van der Waals surface area contributed by atoms with Crippen LogP contribution in [0.1, 0.15) is 36.4 Å². The molecule has 96 valence electrons. The molecule has 2 N–H and O–H groups in total. The number of fused-ring (bicyclic) bond motifs is 1. The average molecular weight is 244 g/mol. The van der Waals surface area contributed by atoms with Crippen LogP contribution in [0.2, 0.25) is 0 Å². The van der Waals surface area contributed by atoms with Gasteiger partial charge in [-0.1, -0.05) is 24.3 Å². The van der Waals surface area contributed by atoms with Crippen LogP contribution in [0.25, 0.3) is 0 Å². The smallest absolute Gasteiger partial charge is 0.233 e. The van der Waals surface area contributed by atoms with Crippen molar-refractivity contribution in [3.05, 3.63) is 35.4 Å². The summed E-state index contributed by atoms with van der Waals surface area (Å²) in [4.78, 5) is 11.7. The van der Waals surface area contributed by atoms with Crippen molar-refractivity contribution in [2.45, 2.75) is 31.7 Å². The number of carbonyl (C=O) groups excluding carboxylic acids is 1. The van der Waals surface area contributed by atoms with Crippen molar-refractivity contribution in [1.29, 1.82) is 0 Å². The Labute approximate surface area is 108 Å². The second kappa shape index (κ2) is 5.11. The Kier molecular flexibility index (Phi) is 3.33. The lowest BCUT2D eigenvalue weighted by Crippen LogP contribution is -2.36. The Morgan fingerprint density at radius 3 is 2.89 bits per heavy atom. The molecule has 1 amide bonds. The predicted octanol–water partition coefficient (Wildman–Crippen LogP) is 1.79. The lowest BCUT2D eigenvalue weighted by atomic mass is 10.1. The first-order chi connectivity index (χ1) is 8.83. The van der Waals surface area contributed by atoms with Gasteiger partial charge in [0.1, 0.15) is 0 Å². The molecule has 0 spiro atoms. The van der Waals surface area contributed by atoms with Crippen molar-refractivity contribution in [1.82, 2.24) is 10.6 Å². The summed E-state index contributed by atoms with van der Waals surface area (Å²) in [7, 11) is 0. The fourth-order valence-corrected chi connectivity index (χ4v) is 2.63. The van der Waals surface area contributed by atoms with Crippen LogP contribution in [0.4, 0.5) is 0 Å². The first kappa shape index (κ1) is 11.7. The topological polar surface area (TPSA) is 41.1 Å². The van der Waals surface area contributed by atoms with E-state index in [0.717, 1.165) is 25.3 Å². The minimum Gasteiger partial charge on any atom is -0.355 e. The molecule has 0 aromatic heterocycles. The number of benzene rings is 1. The minimum atomic E-state index is 0.131. The zero-order valence-corrected chi connectivity index (χ0v) is 10.6. The van der Waals surface area contributed by atoms with Crippen molar-refractivity contribution < 1.29 is 4.79 Å². The van der Waals surface area contributed by atoms with Crippen LogP contribution in [0.5, 0.6) is 0 Å². The third-order valence-electron chi connectivity index (χ3n) is 3.93. The Bertz CT molecular complexity index is 440. The van der Waals surface area contributed by atoms with Gasteiger partial charge in [-0.05, 0) is 42.7 Å². The normalized spacial score (nSPS) is 21.7. The summed E-state index contributed by atoms with van der Waals surface area (Å²) in [5.41, 5.74) is 2.79. The molecule has 18 heavy (non-hydrogen) atoms. The first-order valence-corrected chi connectivity index (χ1v) is 6.91. The molecule has 0 aliphatic heterocycles. The van der Waals surface area contributed by atoms with E-state index in [1.807, 2.05) is 0 Å². The molecule has 1 aromatic carbocycles. The molecule has 3 nitrogen and oxygen atoms in total. The second-order valence-corrected chi connectivity index (χ2v) is 5.42. The van der Waals surface area contributed by atoms with Gasteiger partial charge in [0.15, 0.2) is 0 Å². The molecule has 3 heteroatoms. The lowest BCUT2D eigenvalue weighted by Gasteiger charge is -2.13. The van der Waals surface area contributed by atoms with Crippen LogP contribution < -0.4 is 10.6 Å². The van der Waals surface area contributed by atoms with E-state index in [1.54, 1.807) is 0 Å². The van der Waals surface area contributed by atoms with Crippen molar-refractivity contribution >= 4 is 5.91 Å². The first-order valence-electron chi connectivity index (χ1n) is 6.91. The van der Waals surface area contributed by atoms with Crippen molar-refractivity contribution in [3.8, 4) is 0 Å². The van der Waals surface area contributed by atoms with E-state index < -0.39 is 0 Å². The fourth-order valence-electron chi connectivity index (χ4n) is 2.63. The Morgan fingerprint density at radius 1 is 1.22 bits per heavy atom. The van der Waals surface area contributed by atoms with Crippen molar-refractivity contribution in [2.24, 2.45) is 5.92 Å². The van der Waals surface area contributed by atoms with E-state index in [2.05, 4.69) is 34.9 Å². The Hall–Kier alpha value is -1.35. The maximum Gasteiger partial charge on any atom is 0.233 e. The molecule has 2 aliphatic rings. The summed E-state index contributed by atoms with van der Waals surface area (Å²) in [6.07, 6.45) is 4.79. The average Bonchev–Trinajstić information content (AvgIpc) is 3.14. The molecule has 0 heterocycles. The molecular formula is C15H20N2O. The zero-order valence-electron chi connectivity index (χ0n) is 10.6. The SMILES string of the molecule is O=C(CNC1CCc2ccccc21)NCC1CC1. The van der Waals surface area contributed by atoms with Gasteiger partial charge < -0.3 is 10.6 Å². The van der Waals surface area contributed by atoms with E-state index in [1.165, 1.54) is 24.0 Å². The molecular weight excluding hydrogens is 224 g/mol. The molecule has 1 aromatic rings. The number of hydrogen-bond donors (Lipinski definition) is 2. The molecule has 0 saturated heterocycles. The second-order valence-electron chi connectivity index (χ2n) is 5.42. The summed E-state index contributed by atoms with van der Waals surface area (Å²) in [6.45, 7) is 1.30. The quantitative estimate of drug-likeness (QED) is 0.829. The maximum atomic E-state index is 11.7. The largest absolute Gasteiger partial charge is 0.355 e. The van der Waals surface area contributed by atoms with Gasteiger partial charge in [0.2, 0.25) is 5.91 Å². The van der Waals surface area contributed by atoms with Crippen molar-refractivity contribution in [2.75, 3.05) is 13.1 Å². The van der Waals surface area contributed by atoms with Gasteiger partial charge >= 0.3 is 0 Å². The van der Waals surface area contributed by atoms with Crippen LogP contribution in [0, 0.1) is 5.92 Å². The van der Waals surface area contributed by atoms with Crippen LogP contribution in [0.15, 0.2) is 24.3 Å². The Balaban J connectivity index is 1.47. The monoisotopic (exact) mass is 244 g/mol. The van der Waals surface area contributed by atoms with E-state index in [0.29, 0.717) is 12.6 Å². The van der Waals surface area contributed by atoms with Gasteiger partial charge in [0.25, 0.3) is 0 Å².